The lowest BCUT2D eigenvalue weighted by molar-refractivity contribution is -0.116. The second kappa shape index (κ2) is 3.43. The molecule has 0 aromatic carbocycles. The summed E-state index contributed by atoms with van der Waals surface area (Å²) in [5.74, 6) is -0.439. The van der Waals surface area contributed by atoms with E-state index in [2.05, 4.69) is 4.98 Å². The van der Waals surface area contributed by atoms with Gasteiger partial charge < -0.3 is 0 Å². The summed E-state index contributed by atoms with van der Waals surface area (Å²) in [5.41, 5.74) is 1.38. The molecule has 0 aliphatic heterocycles. The predicted octanol–water partition coefficient (Wildman–Crippen LogP) is 1.66. The molecule has 0 aliphatic carbocycles. The maximum Gasteiger partial charge on any atom is 0.213 e. The van der Waals surface area contributed by atoms with Gasteiger partial charge in [0.15, 0.2) is 0 Å². The maximum absolute atomic E-state index is 12.5. The van der Waals surface area contributed by atoms with Crippen LogP contribution in [0, 0.1) is 12.9 Å². The first kappa shape index (κ1) is 8.84. The van der Waals surface area contributed by atoms with Crippen LogP contribution in [-0.2, 0) is 11.2 Å². The smallest absolute Gasteiger partial charge is 0.213 e. The molecule has 3 heteroatoms. The van der Waals surface area contributed by atoms with Gasteiger partial charge in [-0.3, -0.25) is 4.79 Å². The van der Waals surface area contributed by atoms with Crippen molar-refractivity contribution in [3.63, 3.8) is 0 Å². The zero-order chi connectivity index (χ0) is 9.14. The zero-order valence-electron chi connectivity index (χ0n) is 7.10. The molecule has 64 valence electrons. The first-order valence-electron chi connectivity index (χ1n) is 3.71. The number of carbonyl (C=O) groups is 1. The van der Waals surface area contributed by atoms with Crippen LogP contribution in [0.25, 0.3) is 0 Å². The SMILES string of the molecule is CC(=O)Cc1ccc(F)nc1C. The molecule has 0 saturated carbocycles. The van der Waals surface area contributed by atoms with Crippen LogP contribution in [0.3, 0.4) is 0 Å². The van der Waals surface area contributed by atoms with Crippen LogP contribution >= 0.6 is 0 Å². The summed E-state index contributed by atoms with van der Waals surface area (Å²) < 4.78 is 12.5. The van der Waals surface area contributed by atoms with Crippen molar-refractivity contribution >= 4 is 5.78 Å². The van der Waals surface area contributed by atoms with Crippen molar-refractivity contribution in [2.45, 2.75) is 20.3 Å². The van der Waals surface area contributed by atoms with Crippen LogP contribution in [0.4, 0.5) is 4.39 Å². The normalized spacial score (nSPS) is 9.92. The first-order chi connectivity index (χ1) is 5.59. The van der Waals surface area contributed by atoms with E-state index >= 15 is 0 Å². The van der Waals surface area contributed by atoms with Gasteiger partial charge in [0.1, 0.15) is 5.78 Å². The topological polar surface area (TPSA) is 30.0 Å². The second-order valence-electron chi connectivity index (χ2n) is 2.76. The number of Topliss-reactive ketones (excluding diaryl/α,β-unsaturated/α-hetero) is 1. The van der Waals surface area contributed by atoms with Gasteiger partial charge in [0.05, 0.1) is 0 Å². The Hall–Kier alpha value is -1.25. The van der Waals surface area contributed by atoms with Crippen LogP contribution in [0.15, 0.2) is 12.1 Å². The largest absolute Gasteiger partial charge is 0.300 e. The number of hydrogen-bond acceptors (Lipinski definition) is 2. The lowest BCUT2D eigenvalue weighted by Gasteiger charge is -2.01. The number of carbonyl (C=O) groups excluding carboxylic acids is 1. The van der Waals surface area contributed by atoms with Gasteiger partial charge in [0.25, 0.3) is 0 Å². The number of hydrogen-bond donors (Lipinski definition) is 0. The molecule has 0 atom stereocenters. The van der Waals surface area contributed by atoms with Crippen LogP contribution in [0.1, 0.15) is 18.2 Å². The molecule has 0 spiro atoms. The molecule has 0 amide bonds. The van der Waals surface area contributed by atoms with E-state index in [1.165, 1.54) is 13.0 Å². The van der Waals surface area contributed by atoms with Gasteiger partial charge in [-0.25, -0.2) is 4.98 Å². The van der Waals surface area contributed by atoms with Gasteiger partial charge in [0, 0.05) is 12.1 Å². The Morgan fingerprint density at radius 2 is 2.25 bits per heavy atom. The fourth-order valence-electron chi connectivity index (χ4n) is 1.01. The average molecular weight is 167 g/mol. The lowest BCUT2D eigenvalue weighted by atomic mass is 10.1. The van der Waals surface area contributed by atoms with Gasteiger partial charge in [-0.05, 0) is 25.5 Å². The summed E-state index contributed by atoms with van der Waals surface area (Å²) in [7, 11) is 0. The standard InChI is InChI=1S/C9H10FNO/c1-6(12)5-8-3-4-9(10)11-7(8)2/h3-4H,5H2,1-2H3. The number of rotatable bonds is 2. The highest BCUT2D eigenvalue weighted by molar-refractivity contribution is 5.78. The Morgan fingerprint density at radius 3 is 2.75 bits per heavy atom. The molecular weight excluding hydrogens is 157 g/mol. The number of aromatic nitrogens is 1. The molecule has 1 heterocycles. The Bertz CT molecular complexity index is 309. The van der Waals surface area contributed by atoms with E-state index in [1.807, 2.05) is 0 Å². The zero-order valence-corrected chi connectivity index (χ0v) is 7.10. The molecule has 0 aliphatic rings. The monoisotopic (exact) mass is 167 g/mol. The van der Waals surface area contributed by atoms with Crippen LogP contribution in [-0.4, -0.2) is 10.8 Å². The first-order valence-corrected chi connectivity index (χ1v) is 3.71. The molecule has 0 fully saturated rings. The molecule has 0 saturated heterocycles. The minimum absolute atomic E-state index is 0.0616. The van der Waals surface area contributed by atoms with Crippen molar-refractivity contribution in [2.75, 3.05) is 0 Å². The lowest BCUT2D eigenvalue weighted by Crippen LogP contribution is -2.01. The summed E-state index contributed by atoms with van der Waals surface area (Å²) in [6.07, 6.45) is 0.332. The van der Waals surface area contributed by atoms with E-state index in [4.69, 9.17) is 0 Å². The molecule has 0 unspecified atom stereocenters. The summed E-state index contributed by atoms with van der Waals surface area (Å²) in [6, 6.07) is 2.87. The number of pyridine rings is 1. The second-order valence-corrected chi connectivity index (χ2v) is 2.76. The molecule has 0 bridgehead atoms. The Morgan fingerprint density at radius 1 is 1.58 bits per heavy atom. The van der Waals surface area contributed by atoms with Crippen LogP contribution < -0.4 is 0 Å². The van der Waals surface area contributed by atoms with E-state index in [-0.39, 0.29) is 5.78 Å². The molecular formula is C9H10FNO. The van der Waals surface area contributed by atoms with Gasteiger partial charge >= 0.3 is 0 Å². The highest BCUT2D eigenvalue weighted by atomic mass is 19.1. The summed E-state index contributed by atoms with van der Waals surface area (Å²) >= 11 is 0. The molecule has 12 heavy (non-hydrogen) atoms. The minimum Gasteiger partial charge on any atom is -0.300 e. The van der Waals surface area contributed by atoms with Crippen molar-refractivity contribution in [2.24, 2.45) is 0 Å². The summed E-state index contributed by atoms with van der Waals surface area (Å²) in [4.78, 5) is 14.3. The van der Waals surface area contributed by atoms with E-state index < -0.39 is 5.95 Å². The van der Waals surface area contributed by atoms with Gasteiger partial charge in [-0.15, -0.1) is 0 Å². The Kier molecular flexibility index (Phi) is 2.53. The average Bonchev–Trinajstić information content (AvgIpc) is 1.94. The van der Waals surface area contributed by atoms with E-state index in [0.717, 1.165) is 5.56 Å². The molecule has 1 rings (SSSR count). The number of nitrogens with zero attached hydrogens (tertiary/aromatic N) is 1. The maximum atomic E-state index is 12.5. The quantitative estimate of drug-likeness (QED) is 0.627. The van der Waals surface area contributed by atoms with Crippen molar-refractivity contribution in [1.82, 2.24) is 4.98 Å². The van der Waals surface area contributed by atoms with Crippen LogP contribution in [0.5, 0.6) is 0 Å². The van der Waals surface area contributed by atoms with Crippen molar-refractivity contribution in [3.8, 4) is 0 Å². The van der Waals surface area contributed by atoms with Gasteiger partial charge in [0.2, 0.25) is 5.95 Å². The molecule has 2 nitrogen and oxygen atoms in total. The number of aryl methyl sites for hydroxylation is 1. The fraction of sp³-hybridized carbons (Fsp3) is 0.333. The summed E-state index contributed by atoms with van der Waals surface area (Å²) in [6.45, 7) is 3.20. The predicted molar refractivity (Wildman–Crippen MR) is 43.3 cm³/mol. The molecule has 0 N–H and O–H groups in total. The fourth-order valence-corrected chi connectivity index (χ4v) is 1.01. The summed E-state index contributed by atoms with van der Waals surface area (Å²) in [5, 5.41) is 0. The van der Waals surface area contributed by atoms with Gasteiger partial charge in [-0.1, -0.05) is 6.07 Å². The van der Waals surface area contributed by atoms with Crippen LogP contribution in [0.2, 0.25) is 0 Å². The van der Waals surface area contributed by atoms with Crippen molar-refractivity contribution < 1.29 is 9.18 Å². The van der Waals surface area contributed by atoms with E-state index in [9.17, 15) is 9.18 Å². The highest BCUT2D eigenvalue weighted by Gasteiger charge is 2.03. The third-order valence-corrected chi connectivity index (χ3v) is 1.60. The van der Waals surface area contributed by atoms with Crippen molar-refractivity contribution in [1.29, 1.82) is 0 Å². The van der Waals surface area contributed by atoms with E-state index in [1.54, 1.807) is 13.0 Å². The Labute approximate surface area is 70.4 Å². The minimum atomic E-state index is -0.500. The third-order valence-electron chi connectivity index (χ3n) is 1.60. The Balaban J connectivity index is 2.93. The molecule has 1 aromatic heterocycles. The van der Waals surface area contributed by atoms with Gasteiger partial charge in [-0.2, -0.15) is 4.39 Å². The number of halogens is 1. The van der Waals surface area contributed by atoms with Crippen molar-refractivity contribution in [3.05, 3.63) is 29.3 Å². The molecule has 0 radical (unpaired) electrons. The number of ketones is 1. The third kappa shape index (κ3) is 2.12. The highest BCUT2D eigenvalue weighted by Crippen LogP contribution is 2.06. The van der Waals surface area contributed by atoms with E-state index in [0.29, 0.717) is 12.1 Å². The molecule has 1 aromatic rings.